The number of hydrogen-bond donors (Lipinski definition) is 2. The number of hydrogen-bond acceptors (Lipinski definition) is 6. The Morgan fingerprint density at radius 1 is 1.06 bits per heavy atom. The normalized spacial score (nSPS) is 12.6. The average molecular weight is 446 g/mol. The molecule has 0 aliphatic heterocycles. The van der Waals surface area contributed by atoms with E-state index in [1.807, 2.05) is 6.07 Å². The molecule has 9 nitrogen and oxygen atoms in total. The number of carbonyl (C=O) groups excluding carboxylic acids is 3. The van der Waals surface area contributed by atoms with Crippen molar-refractivity contribution < 1.29 is 19.1 Å². The van der Waals surface area contributed by atoms with Crippen LogP contribution in [0.2, 0.25) is 0 Å². The van der Waals surface area contributed by atoms with Crippen LogP contribution in [0.4, 0.5) is 5.69 Å². The van der Waals surface area contributed by atoms with Crippen LogP contribution < -0.4 is 16.1 Å². The molecule has 1 heterocycles. The molecule has 2 aromatic carbocycles. The minimum absolute atomic E-state index is 0.171. The van der Waals surface area contributed by atoms with Gasteiger partial charge < -0.3 is 15.4 Å². The summed E-state index contributed by atoms with van der Waals surface area (Å²) < 4.78 is 6.47. The summed E-state index contributed by atoms with van der Waals surface area (Å²) in [4.78, 5) is 49.5. The molecule has 9 heteroatoms. The van der Waals surface area contributed by atoms with Crippen molar-refractivity contribution in [2.75, 3.05) is 11.9 Å². The van der Waals surface area contributed by atoms with Crippen LogP contribution in [0, 0.1) is 6.92 Å². The van der Waals surface area contributed by atoms with Crippen LogP contribution in [0.25, 0.3) is 5.69 Å². The van der Waals surface area contributed by atoms with E-state index in [0.29, 0.717) is 22.6 Å². The molecule has 1 aromatic heterocycles. The maximum absolute atomic E-state index is 12.5. The standard InChI is InChI=1S/C24H22N4O5/c1-15-13-20(29)22(27-28(15)17-7-3-2-4-8-17)24(32)33-14-21(30)26-19-10-6-5-9-18(19)23(31)25-16-11-12-16/h2-10,13,16H,11-12,14H2,1H3,(H,25,31)(H,26,30). The Morgan fingerprint density at radius 2 is 1.76 bits per heavy atom. The highest BCUT2D eigenvalue weighted by Crippen LogP contribution is 2.21. The van der Waals surface area contributed by atoms with Crippen molar-refractivity contribution in [3.8, 4) is 5.69 Å². The molecular weight excluding hydrogens is 424 g/mol. The van der Waals surface area contributed by atoms with E-state index < -0.39 is 29.6 Å². The van der Waals surface area contributed by atoms with Gasteiger partial charge in [0, 0.05) is 17.8 Å². The third-order valence-electron chi connectivity index (χ3n) is 4.99. The number of nitrogens with one attached hydrogen (secondary N) is 2. The van der Waals surface area contributed by atoms with Gasteiger partial charge in [0.1, 0.15) is 0 Å². The molecule has 0 spiro atoms. The van der Waals surface area contributed by atoms with Gasteiger partial charge >= 0.3 is 5.97 Å². The number of esters is 1. The molecule has 3 aromatic rings. The molecule has 0 saturated heterocycles. The molecule has 168 valence electrons. The third kappa shape index (κ3) is 5.32. The highest BCUT2D eigenvalue weighted by Gasteiger charge is 2.25. The summed E-state index contributed by atoms with van der Waals surface area (Å²) >= 11 is 0. The zero-order chi connectivity index (χ0) is 23.4. The summed E-state index contributed by atoms with van der Waals surface area (Å²) in [5, 5.41) is 9.56. The highest BCUT2D eigenvalue weighted by molar-refractivity contribution is 6.04. The van der Waals surface area contributed by atoms with Crippen molar-refractivity contribution in [2.45, 2.75) is 25.8 Å². The minimum Gasteiger partial charge on any atom is -0.451 e. The van der Waals surface area contributed by atoms with E-state index in [0.717, 1.165) is 12.8 Å². The van der Waals surface area contributed by atoms with Crippen LogP contribution >= 0.6 is 0 Å². The molecule has 2 amide bonds. The summed E-state index contributed by atoms with van der Waals surface area (Å²) in [6.45, 7) is 1.05. The fourth-order valence-corrected chi connectivity index (χ4v) is 3.19. The van der Waals surface area contributed by atoms with Crippen molar-refractivity contribution in [2.24, 2.45) is 0 Å². The van der Waals surface area contributed by atoms with Crippen molar-refractivity contribution in [3.05, 3.63) is 87.8 Å². The summed E-state index contributed by atoms with van der Waals surface area (Å²) in [5.41, 5.74) is 0.796. The zero-order valence-corrected chi connectivity index (χ0v) is 17.9. The first kappa shape index (κ1) is 21.9. The lowest BCUT2D eigenvalue weighted by molar-refractivity contribution is -0.119. The number of benzene rings is 2. The van der Waals surface area contributed by atoms with Gasteiger partial charge in [0.15, 0.2) is 6.61 Å². The first-order valence-corrected chi connectivity index (χ1v) is 10.5. The van der Waals surface area contributed by atoms with E-state index in [1.165, 1.54) is 10.7 Å². The maximum Gasteiger partial charge on any atom is 0.363 e. The van der Waals surface area contributed by atoms with Crippen molar-refractivity contribution in [1.82, 2.24) is 15.1 Å². The van der Waals surface area contributed by atoms with Gasteiger partial charge in [-0.3, -0.25) is 14.4 Å². The predicted molar refractivity (Wildman–Crippen MR) is 120 cm³/mol. The van der Waals surface area contributed by atoms with Gasteiger partial charge in [0.05, 0.1) is 16.9 Å². The Hall–Kier alpha value is -4.27. The molecule has 2 N–H and O–H groups in total. The molecule has 33 heavy (non-hydrogen) atoms. The quantitative estimate of drug-likeness (QED) is 0.537. The number of nitrogens with zero attached hydrogens (tertiary/aromatic N) is 2. The molecule has 4 rings (SSSR count). The Bertz CT molecular complexity index is 1270. The predicted octanol–water partition coefficient (Wildman–Crippen LogP) is 2.23. The van der Waals surface area contributed by atoms with Crippen LogP contribution in [0.15, 0.2) is 65.5 Å². The van der Waals surface area contributed by atoms with Gasteiger partial charge in [0.2, 0.25) is 11.1 Å². The molecule has 0 radical (unpaired) electrons. The van der Waals surface area contributed by atoms with E-state index in [-0.39, 0.29) is 11.9 Å². The number of para-hydroxylation sites is 2. The highest BCUT2D eigenvalue weighted by atomic mass is 16.5. The van der Waals surface area contributed by atoms with Crippen LogP contribution in [0.5, 0.6) is 0 Å². The smallest absolute Gasteiger partial charge is 0.363 e. The molecule has 1 fully saturated rings. The van der Waals surface area contributed by atoms with Gasteiger partial charge in [-0.2, -0.15) is 5.10 Å². The number of rotatable bonds is 7. The number of anilines is 1. The second-order valence-electron chi connectivity index (χ2n) is 7.66. The van der Waals surface area contributed by atoms with Crippen molar-refractivity contribution in [1.29, 1.82) is 0 Å². The first-order chi connectivity index (χ1) is 15.9. The Morgan fingerprint density at radius 3 is 2.48 bits per heavy atom. The van der Waals surface area contributed by atoms with Crippen LogP contribution in [-0.2, 0) is 9.53 Å². The second-order valence-corrected chi connectivity index (χ2v) is 7.66. The van der Waals surface area contributed by atoms with Crippen LogP contribution in [0.3, 0.4) is 0 Å². The monoisotopic (exact) mass is 446 g/mol. The fourth-order valence-electron chi connectivity index (χ4n) is 3.19. The van der Waals surface area contributed by atoms with Crippen molar-refractivity contribution in [3.63, 3.8) is 0 Å². The maximum atomic E-state index is 12.5. The Kier molecular flexibility index (Phi) is 6.30. The van der Waals surface area contributed by atoms with Crippen LogP contribution in [0.1, 0.15) is 39.4 Å². The second kappa shape index (κ2) is 9.47. The SMILES string of the molecule is Cc1cc(=O)c(C(=O)OCC(=O)Nc2ccccc2C(=O)NC2CC2)nn1-c1ccccc1. The summed E-state index contributed by atoms with van der Waals surface area (Å²) in [5.74, 6) is -1.94. The molecule has 0 atom stereocenters. The summed E-state index contributed by atoms with van der Waals surface area (Å²) in [7, 11) is 0. The Balaban J connectivity index is 1.43. The van der Waals surface area contributed by atoms with Gasteiger partial charge in [-0.25, -0.2) is 9.48 Å². The zero-order valence-electron chi connectivity index (χ0n) is 17.9. The summed E-state index contributed by atoms with van der Waals surface area (Å²) in [6.07, 6.45) is 1.88. The molecule has 0 bridgehead atoms. The number of amides is 2. The third-order valence-corrected chi connectivity index (χ3v) is 4.99. The van der Waals surface area contributed by atoms with E-state index >= 15 is 0 Å². The summed E-state index contributed by atoms with van der Waals surface area (Å²) in [6, 6.07) is 17.0. The Labute approximate surface area is 189 Å². The molecule has 0 unspecified atom stereocenters. The molecule has 1 saturated carbocycles. The average Bonchev–Trinajstić information content (AvgIpc) is 3.62. The number of aryl methyl sites for hydroxylation is 1. The molecule has 1 aliphatic rings. The van der Waals surface area contributed by atoms with E-state index in [1.54, 1.807) is 55.5 Å². The molecular formula is C24H22N4O5. The van der Waals surface area contributed by atoms with Gasteiger partial charge in [-0.05, 0) is 44.0 Å². The molecule has 1 aliphatic carbocycles. The lowest BCUT2D eigenvalue weighted by Gasteiger charge is -2.12. The van der Waals surface area contributed by atoms with E-state index in [2.05, 4.69) is 15.7 Å². The number of ether oxygens (including phenoxy) is 1. The topological polar surface area (TPSA) is 119 Å². The fraction of sp³-hybridized carbons (Fsp3) is 0.208. The van der Waals surface area contributed by atoms with Crippen molar-refractivity contribution >= 4 is 23.5 Å². The van der Waals surface area contributed by atoms with E-state index in [4.69, 9.17) is 4.74 Å². The van der Waals surface area contributed by atoms with Gasteiger partial charge in [-0.1, -0.05) is 30.3 Å². The van der Waals surface area contributed by atoms with E-state index in [9.17, 15) is 19.2 Å². The van der Waals surface area contributed by atoms with Gasteiger partial charge in [0.25, 0.3) is 11.8 Å². The lowest BCUT2D eigenvalue weighted by atomic mass is 10.1. The first-order valence-electron chi connectivity index (χ1n) is 10.5. The number of aromatic nitrogens is 2. The number of carbonyl (C=O) groups is 3. The minimum atomic E-state index is -1.01. The lowest BCUT2D eigenvalue weighted by Crippen LogP contribution is -2.29. The van der Waals surface area contributed by atoms with Gasteiger partial charge in [-0.15, -0.1) is 0 Å². The largest absolute Gasteiger partial charge is 0.451 e. The van der Waals surface area contributed by atoms with Crippen LogP contribution in [-0.4, -0.2) is 40.2 Å².